The van der Waals surface area contributed by atoms with Gasteiger partial charge in [-0.2, -0.15) is 5.10 Å². The van der Waals surface area contributed by atoms with Gasteiger partial charge in [0.15, 0.2) is 5.69 Å². The molecule has 0 unspecified atom stereocenters. The Balaban J connectivity index is 1.78. The number of nitrogens with zero attached hydrogens (tertiary/aromatic N) is 3. The summed E-state index contributed by atoms with van der Waals surface area (Å²) in [7, 11) is 1.79. The lowest BCUT2D eigenvalue weighted by Gasteiger charge is -2.27. The minimum absolute atomic E-state index is 0.244. The number of rotatable bonds is 3. The number of anilines is 1. The van der Waals surface area contributed by atoms with Crippen molar-refractivity contribution < 1.29 is 14.3 Å². The van der Waals surface area contributed by atoms with E-state index in [0.29, 0.717) is 30.2 Å². The molecule has 0 saturated heterocycles. The number of halogens is 1. The van der Waals surface area contributed by atoms with Crippen LogP contribution in [0.1, 0.15) is 28.7 Å². The van der Waals surface area contributed by atoms with Crippen LogP contribution in [0, 0.1) is 0 Å². The lowest BCUT2D eigenvalue weighted by Crippen LogP contribution is -2.39. The highest BCUT2D eigenvalue weighted by atomic mass is 35.5. The predicted molar refractivity (Wildman–Crippen MR) is 93.7 cm³/mol. The van der Waals surface area contributed by atoms with Gasteiger partial charge in [-0.15, -0.1) is 0 Å². The largest absolute Gasteiger partial charge is 0.461 e. The Hall–Kier alpha value is -2.54. The topological polar surface area (TPSA) is 76.5 Å². The quantitative estimate of drug-likeness (QED) is 0.852. The second-order valence-corrected chi connectivity index (χ2v) is 6.17. The molecule has 7 nitrogen and oxygen atoms in total. The van der Waals surface area contributed by atoms with Crippen molar-refractivity contribution in [2.45, 2.75) is 19.9 Å². The van der Waals surface area contributed by atoms with Crippen molar-refractivity contribution >= 4 is 29.3 Å². The van der Waals surface area contributed by atoms with Crippen LogP contribution in [0.4, 0.5) is 10.5 Å². The van der Waals surface area contributed by atoms with Gasteiger partial charge in [-0.3, -0.25) is 4.68 Å². The molecule has 2 amide bonds. The molecule has 0 saturated carbocycles. The van der Waals surface area contributed by atoms with Crippen molar-refractivity contribution in [1.29, 1.82) is 0 Å². The number of esters is 1. The Kier molecular flexibility index (Phi) is 4.94. The highest BCUT2D eigenvalue weighted by Crippen LogP contribution is 2.24. The van der Waals surface area contributed by atoms with E-state index in [1.807, 2.05) is 0 Å². The Bertz CT molecular complexity index is 818. The zero-order valence-electron chi connectivity index (χ0n) is 14.1. The monoisotopic (exact) mass is 362 g/mol. The summed E-state index contributed by atoms with van der Waals surface area (Å²) >= 11 is 5.94. The second kappa shape index (κ2) is 7.14. The third-order valence-corrected chi connectivity index (χ3v) is 4.31. The number of nitrogens with one attached hydrogen (secondary N) is 1. The van der Waals surface area contributed by atoms with Crippen molar-refractivity contribution in [3.63, 3.8) is 0 Å². The number of hydrogen-bond donors (Lipinski definition) is 1. The molecule has 8 heteroatoms. The summed E-state index contributed by atoms with van der Waals surface area (Å²) in [5.41, 5.74) is 2.60. The molecule has 2 aromatic rings. The molecule has 1 aromatic heterocycles. The standard InChI is InChI=1S/C17H19ClN4O3/c1-3-25-16(23)15-13-10-22(8-7-14(13)21(2)20-15)17(24)19-12-6-4-5-11(18)9-12/h4-6,9H,3,7-8,10H2,1-2H3,(H,19,24). The third kappa shape index (κ3) is 3.61. The number of aromatic nitrogens is 2. The van der Waals surface area contributed by atoms with Gasteiger partial charge in [-0.1, -0.05) is 17.7 Å². The van der Waals surface area contributed by atoms with Gasteiger partial charge in [0.2, 0.25) is 0 Å². The minimum atomic E-state index is -0.462. The van der Waals surface area contributed by atoms with Gasteiger partial charge in [-0.25, -0.2) is 9.59 Å². The molecule has 25 heavy (non-hydrogen) atoms. The Morgan fingerprint density at radius 3 is 2.92 bits per heavy atom. The molecule has 0 aliphatic carbocycles. The maximum absolute atomic E-state index is 12.5. The summed E-state index contributed by atoms with van der Waals surface area (Å²) in [6.45, 7) is 2.88. The molecule has 0 bridgehead atoms. The van der Waals surface area contributed by atoms with Gasteiger partial charge in [-0.05, 0) is 25.1 Å². The van der Waals surface area contributed by atoms with Crippen molar-refractivity contribution in [2.75, 3.05) is 18.5 Å². The van der Waals surface area contributed by atoms with Crippen LogP contribution in [0.5, 0.6) is 0 Å². The molecule has 132 valence electrons. The number of urea groups is 1. The molecule has 2 heterocycles. The molecule has 1 aromatic carbocycles. The summed E-state index contributed by atoms with van der Waals surface area (Å²) < 4.78 is 6.75. The molecular formula is C17H19ClN4O3. The number of carbonyl (C=O) groups excluding carboxylic acids is 2. The summed E-state index contributed by atoms with van der Waals surface area (Å²) in [5, 5.41) is 7.64. The first-order valence-electron chi connectivity index (χ1n) is 8.03. The summed E-state index contributed by atoms with van der Waals surface area (Å²) in [4.78, 5) is 26.3. The lowest BCUT2D eigenvalue weighted by atomic mass is 10.1. The Morgan fingerprint density at radius 1 is 1.40 bits per heavy atom. The summed E-state index contributed by atoms with van der Waals surface area (Å²) in [6.07, 6.45) is 0.626. The first kappa shape index (κ1) is 17.3. The first-order valence-corrected chi connectivity index (χ1v) is 8.40. The number of fused-ring (bicyclic) bond motifs is 1. The summed E-state index contributed by atoms with van der Waals surface area (Å²) in [6, 6.07) is 6.72. The van der Waals surface area contributed by atoms with Gasteiger partial charge in [0.25, 0.3) is 0 Å². The maximum Gasteiger partial charge on any atom is 0.359 e. The van der Waals surface area contributed by atoms with E-state index in [0.717, 1.165) is 11.3 Å². The lowest BCUT2D eigenvalue weighted by molar-refractivity contribution is 0.0516. The van der Waals surface area contributed by atoms with E-state index < -0.39 is 5.97 Å². The Morgan fingerprint density at radius 2 is 2.20 bits per heavy atom. The van der Waals surface area contributed by atoms with E-state index in [2.05, 4.69) is 10.4 Å². The van der Waals surface area contributed by atoms with Crippen LogP contribution in [0.3, 0.4) is 0 Å². The maximum atomic E-state index is 12.5. The molecule has 0 fully saturated rings. The van der Waals surface area contributed by atoms with Crippen molar-refractivity contribution in [2.24, 2.45) is 7.05 Å². The molecule has 1 aliphatic rings. The van der Waals surface area contributed by atoms with Crippen LogP contribution in [-0.2, 0) is 24.8 Å². The Labute approximate surface area is 150 Å². The van der Waals surface area contributed by atoms with E-state index in [1.54, 1.807) is 47.8 Å². The number of amides is 2. The van der Waals surface area contributed by atoms with Crippen LogP contribution >= 0.6 is 11.6 Å². The summed E-state index contributed by atoms with van der Waals surface area (Å²) in [5.74, 6) is -0.462. The van der Waals surface area contributed by atoms with Crippen LogP contribution < -0.4 is 5.32 Å². The zero-order chi connectivity index (χ0) is 18.0. The van der Waals surface area contributed by atoms with Gasteiger partial charge < -0.3 is 15.0 Å². The number of benzene rings is 1. The molecule has 0 atom stereocenters. The smallest absolute Gasteiger partial charge is 0.359 e. The molecule has 0 spiro atoms. The van der Waals surface area contributed by atoms with E-state index in [9.17, 15) is 9.59 Å². The zero-order valence-corrected chi connectivity index (χ0v) is 14.8. The predicted octanol–water partition coefficient (Wildman–Crippen LogP) is 2.84. The van der Waals surface area contributed by atoms with Crippen molar-refractivity contribution in [3.8, 4) is 0 Å². The molecule has 1 N–H and O–H groups in total. The molecule has 1 aliphatic heterocycles. The number of ether oxygens (including phenoxy) is 1. The van der Waals surface area contributed by atoms with Crippen molar-refractivity contribution in [3.05, 3.63) is 46.2 Å². The van der Waals surface area contributed by atoms with Crippen LogP contribution in [-0.4, -0.2) is 39.8 Å². The fourth-order valence-electron chi connectivity index (χ4n) is 2.90. The van der Waals surface area contributed by atoms with E-state index in [4.69, 9.17) is 16.3 Å². The highest BCUT2D eigenvalue weighted by molar-refractivity contribution is 6.30. The molecule has 3 rings (SSSR count). The normalized spacial score (nSPS) is 13.3. The van der Waals surface area contributed by atoms with Crippen molar-refractivity contribution in [1.82, 2.24) is 14.7 Å². The highest BCUT2D eigenvalue weighted by Gasteiger charge is 2.29. The number of hydrogen-bond acceptors (Lipinski definition) is 4. The average molecular weight is 363 g/mol. The van der Waals surface area contributed by atoms with E-state index in [1.165, 1.54) is 0 Å². The van der Waals surface area contributed by atoms with Gasteiger partial charge >= 0.3 is 12.0 Å². The molecular weight excluding hydrogens is 344 g/mol. The molecule has 0 radical (unpaired) electrons. The number of aryl methyl sites for hydroxylation is 1. The average Bonchev–Trinajstić information content (AvgIpc) is 2.91. The van der Waals surface area contributed by atoms with Gasteiger partial charge in [0.1, 0.15) is 0 Å². The fraction of sp³-hybridized carbons (Fsp3) is 0.353. The third-order valence-electron chi connectivity index (χ3n) is 4.07. The minimum Gasteiger partial charge on any atom is -0.461 e. The fourth-order valence-corrected chi connectivity index (χ4v) is 3.09. The van der Waals surface area contributed by atoms with E-state index >= 15 is 0 Å². The van der Waals surface area contributed by atoms with Crippen LogP contribution in [0.25, 0.3) is 0 Å². The second-order valence-electron chi connectivity index (χ2n) is 5.73. The van der Waals surface area contributed by atoms with E-state index in [-0.39, 0.29) is 18.3 Å². The van der Waals surface area contributed by atoms with Gasteiger partial charge in [0.05, 0.1) is 13.2 Å². The first-order chi connectivity index (χ1) is 12.0. The van der Waals surface area contributed by atoms with Crippen LogP contribution in [0.2, 0.25) is 5.02 Å². The SMILES string of the molecule is CCOC(=O)c1nn(C)c2c1CN(C(=O)Nc1cccc(Cl)c1)CC2. The number of carbonyl (C=O) groups is 2. The van der Waals surface area contributed by atoms with Gasteiger partial charge in [0, 0.05) is 42.0 Å². The van der Waals surface area contributed by atoms with Crippen LogP contribution in [0.15, 0.2) is 24.3 Å².